The van der Waals surface area contributed by atoms with Gasteiger partial charge in [0.15, 0.2) is 5.75 Å². The van der Waals surface area contributed by atoms with E-state index in [1.54, 1.807) is 0 Å². The maximum absolute atomic E-state index is 12.5. The monoisotopic (exact) mass is 172 g/mol. The highest BCUT2D eigenvalue weighted by atomic mass is 19.1. The lowest BCUT2D eigenvalue weighted by Crippen LogP contribution is -2.02. The fraction of sp³-hybridized carbons (Fsp3) is 0. The topological polar surface area (TPSA) is 78.4 Å². The summed E-state index contributed by atoms with van der Waals surface area (Å²) in [6, 6.07) is 2.76. The van der Waals surface area contributed by atoms with E-state index in [2.05, 4.69) is 4.84 Å². The second-order valence-corrected chi connectivity index (χ2v) is 2.02. The molecule has 0 atom stereocenters. The quantitative estimate of drug-likeness (QED) is 0.532. The third-order valence-corrected chi connectivity index (χ3v) is 1.20. The number of nitrogens with two attached hydrogens (primary N) is 1. The van der Waals surface area contributed by atoms with Gasteiger partial charge in [-0.3, -0.25) is 10.1 Å². The van der Waals surface area contributed by atoms with Crippen molar-refractivity contribution in [1.82, 2.24) is 0 Å². The summed E-state index contributed by atoms with van der Waals surface area (Å²) in [6.45, 7) is 0. The van der Waals surface area contributed by atoms with E-state index < -0.39 is 16.4 Å². The van der Waals surface area contributed by atoms with Crippen molar-refractivity contribution in [2.75, 3.05) is 0 Å². The Bertz CT molecular complexity index is 316. The molecule has 2 N–H and O–H groups in total. The Balaban J connectivity index is 3.15. The molecule has 12 heavy (non-hydrogen) atoms. The maximum atomic E-state index is 12.5. The number of hydrogen-bond acceptors (Lipinski definition) is 4. The van der Waals surface area contributed by atoms with Crippen molar-refractivity contribution >= 4 is 5.69 Å². The van der Waals surface area contributed by atoms with Crippen LogP contribution in [0.25, 0.3) is 0 Å². The van der Waals surface area contributed by atoms with Crippen molar-refractivity contribution < 1.29 is 14.2 Å². The first kappa shape index (κ1) is 8.41. The molecule has 0 radical (unpaired) electrons. The van der Waals surface area contributed by atoms with E-state index in [1.165, 1.54) is 0 Å². The Morgan fingerprint density at radius 1 is 1.50 bits per heavy atom. The molecule has 5 nitrogen and oxygen atoms in total. The molecule has 0 aliphatic rings. The lowest BCUT2D eigenvalue weighted by Gasteiger charge is -1.97. The summed E-state index contributed by atoms with van der Waals surface area (Å²) < 4.78 is 12.5. The smallest absolute Gasteiger partial charge is 0.276 e. The lowest BCUT2D eigenvalue weighted by atomic mass is 10.3. The summed E-state index contributed by atoms with van der Waals surface area (Å²) in [5.41, 5.74) is -0.393. The Morgan fingerprint density at radius 3 is 2.67 bits per heavy atom. The van der Waals surface area contributed by atoms with Crippen molar-refractivity contribution in [2.45, 2.75) is 0 Å². The SMILES string of the molecule is NOc1cc(F)cc([N+](=O)[O-])c1. The van der Waals surface area contributed by atoms with Crippen LogP contribution in [-0.4, -0.2) is 4.92 Å². The van der Waals surface area contributed by atoms with Crippen molar-refractivity contribution in [2.24, 2.45) is 5.90 Å². The van der Waals surface area contributed by atoms with Gasteiger partial charge in [-0.25, -0.2) is 4.39 Å². The molecule has 1 rings (SSSR count). The largest absolute Gasteiger partial charge is 0.411 e. The molecule has 0 amide bonds. The molecule has 0 aromatic heterocycles. The van der Waals surface area contributed by atoms with Crippen LogP contribution in [0.15, 0.2) is 18.2 Å². The highest BCUT2D eigenvalue weighted by Crippen LogP contribution is 2.20. The van der Waals surface area contributed by atoms with Crippen molar-refractivity contribution in [3.8, 4) is 5.75 Å². The number of halogens is 1. The first-order valence-corrected chi connectivity index (χ1v) is 2.95. The highest BCUT2D eigenvalue weighted by molar-refractivity contribution is 5.38. The molecule has 0 unspecified atom stereocenters. The standard InChI is InChI=1S/C6H5FN2O3/c7-4-1-5(9(10)11)3-6(2-4)12-8/h1-3H,8H2. The van der Waals surface area contributed by atoms with E-state index in [4.69, 9.17) is 5.90 Å². The Morgan fingerprint density at radius 2 is 2.17 bits per heavy atom. The lowest BCUT2D eigenvalue weighted by molar-refractivity contribution is -0.385. The minimum atomic E-state index is -0.760. The summed E-state index contributed by atoms with van der Waals surface area (Å²) in [5, 5.41) is 10.2. The Labute approximate surface area is 66.7 Å². The number of non-ortho nitro benzene ring substituents is 1. The zero-order valence-electron chi connectivity index (χ0n) is 5.86. The number of rotatable bonds is 2. The van der Waals surface area contributed by atoms with Gasteiger partial charge in [-0.05, 0) is 0 Å². The normalized spacial score (nSPS) is 9.50. The maximum Gasteiger partial charge on any atom is 0.276 e. The van der Waals surface area contributed by atoms with E-state index >= 15 is 0 Å². The Hall–Kier alpha value is -1.69. The number of benzene rings is 1. The predicted molar refractivity (Wildman–Crippen MR) is 37.9 cm³/mol. The fourth-order valence-corrected chi connectivity index (χ4v) is 0.721. The molecule has 0 aliphatic carbocycles. The van der Waals surface area contributed by atoms with Crippen LogP contribution in [0.3, 0.4) is 0 Å². The highest BCUT2D eigenvalue weighted by Gasteiger charge is 2.09. The van der Waals surface area contributed by atoms with E-state index in [-0.39, 0.29) is 5.75 Å². The first-order chi connectivity index (χ1) is 5.63. The van der Waals surface area contributed by atoms with Crippen molar-refractivity contribution in [1.29, 1.82) is 0 Å². The second kappa shape index (κ2) is 3.14. The molecule has 0 saturated carbocycles. The van der Waals surface area contributed by atoms with Crippen LogP contribution >= 0.6 is 0 Å². The molecule has 0 spiro atoms. The minimum Gasteiger partial charge on any atom is -0.411 e. The summed E-state index contributed by atoms with van der Waals surface area (Å²) in [5.74, 6) is 3.86. The predicted octanol–water partition coefficient (Wildman–Crippen LogP) is 0.986. The number of nitro groups is 1. The molecule has 1 aromatic rings. The molecular weight excluding hydrogens is 167 g/mol. The van der Waals surface area contributed by atoms with Gasteiger partial charge in [0.2, 0.25) is 0 Å². The third kappa shape index (κ3) is 1.67. The van der Waals surface area contributed by atoms with Gasteiger partial charge in [-0.15, -0.1) is 0 Å². The van der Waals surface area contributed by atoms with Crippen LogP contribution in [0.2, 0.25) is 0 Å². The van der Waals surface area contributed by atoms with Crippen LogP contribution < -0.4 is 10.7 Å². The summed E-state index contributed by atoms with van der Waals surface area (Å²) >= 11 is 0. The molecule has 1 aromatic carbocycles. The minimum absolute atomic E-state index is 0.0818. The number of nitro benzene ring substituents is 1. The first-order valence-electron chi connectivity index (χ1n) is 2.95. The average Bonchev–Trinajstić information content (AvgIpc) is 2.03. The van der Waals surface area contributed by atoms with Crippen LogP contribution in [0.5, 0.6) is 5.75 Å². The van der Waals surface area contributed by atoms with Gasteiger partial charge in [-0.2, -0.15) is 5.90 Å². The van der Waals surface area contributed by atoms with Crippen molar-refractivity contribution in [3.05, 3.63) is 34.1 Å². The number of hydrogen-bond donors (Lipinski definition) is 1. The van der Waals surface area contributed by atoms with Gasteiger partial charge < -0.3 is 4.84 Å². The number of nitrogens with zero attached hydrogens (tertiary/aromatic N) is 1. The Kier molecular flexibility index (Phi) is 2.20. The molecule has 64 valence electrons. The van der Waals surface area contributed by atoms with Crippen LogP contribution in [0.4, 0.5) is 10.1 Å². The van der Waals surface area contributed by atoms with Gasteiger partial charge in [0.25, 0.3) is 5.69 Å². The van der Waals surface area contributed by atoms with Crippen molar-refractivity contribution in [3.63, 3.8) is 0 Å². The molecule has 0 saturated heterocycles. The van der Waals surface area contributed by atoms with E-state index in [0.29, 0.717) is 0 Å². The zero-order valence-corrected chi connectivity index (χ0v) is 5.86. The molecule has 6 heteroatoms. The zero-order chi connectivity index (χ0) is 9.14. The van der Waals surface area contributed by atoms with Gasteiger partial charge in [0.05, 0.1) is 17.1 Å². The molecule has 0 heterocycles. The average molecular weight is 172 g/mol. The summed E-state index contributed by atoms with van der Waals surface area (Å²) in [4.78, 5) is 13.6. The molecular formula is C6H5FN2O3. The molecule has 0 fully saturated rings. The molecule has 0 aliphatic heterocycles. The fourth-order valence-electron chi connectivity index (χ4n) is 0.721. The van der Waals surface area contributed by atoms with E-state index in [1.807, 2.05) is 0 Å². The van der Waals surface area contributed by atoms with Gasteiger partial charge in [0, 0.05) is 6.07 Å². The van der Waals surface area contributed by atoms with Crippen LogP contribution in [0, 0.1) is 15.9 Å². The van der Waals surface area contributed by atoms with E-state index in [9.17, 15) is 14.5 Å². The van der Waals surface area contributed by atoms with Crippen LogP contribution in [-0.2, 0) is 0 Å². The molecule has 0 bridgehead atoms. The summed E-state index contributed by atoms with van der Waals surface area (Å²) in [6.07, 6.45) is 0. The third-order valence-electron chi connectivity index (χ3n) is 1.20. The van der Waals surface area contributed by atoms with Gasteiger partial charge in [0.1, 0.15) is 5.82 Å². The van der Waals surface area contributed by atoms with E-state index in [0.717, 1.165) is 18.2 Å². The van der Waals surface area contributed by atoms with Gasteiger partial charge in [-0.1, -0.05) is 0 Å². The summed E-state index contributed by atoms with van der Waals surface area (Å²) in [7, 11) is 0. The van der Waals surface area contributed by atoms with Gasteiger partial charge >= 0.3 is 0 Å². The second-order valence-electron chi connectivity index (χ2n) is 2.02. The van der Waals surface area contributed by atoms with Crippen LogP contribution in [0.1, 0.15) is 0 Å².